The highest BCUT2D eigenvalue weighted by molar-refractivity contribution is 5.58. The number of nitrogens with two attached hydrogens (primary N) is 1. The van der Waals surface area contributed by atoms with Crippen molar-refractivity contribution in [1.82, 2.24) is 0 Å². The monoisotopic (exact) mass is 255 g/mol. The van der Waals surface area contributed by atoms with E-state index in [1.54, 1.807) is 6.07 Å². The molecule has 0 radical (unpaired) electrons. The molecule has 0 heterocycles. The van der Waals surface area contributed by atoms with Crippen molar-refractivity contribution in [3.05, 3.63) is 58.9 Å². The summed E-state index contributed by atoms with van der Waals surface area (Å²) >= 11 is 0. The third-order valence-electron chi connectivity index (χ3n) is 3.06. The van der Waals surface area contributed by atoms with Gasteiger partial charge in [-0.05, 0) is 42.3 Å². The first-order valence-electron chi connectivity index (χ1n) is 5.89. The lowest BCUT2D eigenvalue weighted by Crippen LogP contribution is -2.04. The van der Waals surface area contributed by atoms with Crippen molar-refractivity contribution in [3.63, 3.8) is 0 Å². The van der Waals surface area contributed by atoms with Crippen molar-refractivity contribution < 1.29 is 4.39 Å². The van der Waals surface area contributed by atoms with Crippen LogP contribution in [0.15, 0.2) is 36.4 Å². The van der Waals surface area contributed by atoms with Crippen LogP contribution in [0.5, 0.6) is 0 Å². The first kappa shape index (κ1) is 12.9. The summed E-state index contributed by atoms with van der Waals surface area (Å²) in [7, 11) is 0. The van der Waals surface area contributed by atoms with Crippen LogP contribution < -0.4 is 11.1 Å². The number of nitriles is 1. The molecule has 0 spiro atoms. The van der Waals surface area contributed by atoms with Gasteiger partial charge < -0.3 is 11.1 Å². The summed E-state index contributed by atoms with van der Waals surface area (Å²) in [6, 6.07) is 11.8. The lowest BCUT2D eigenvalue weighted by atomic mass is 10.1. The minimum absolute atomic E-state index is 0.293. The van der Waals surface area contributed by atoms with E-state index < -0.39 is 5.82 Å². The molecule has 0 aliphatic carbocycles. The molecule has 4 heteroatoms. The second-order valence-corrected chi connectivity index (χ2v) is 4.29. The number of nitrogen functional groups attached to an aromatic ring is 1. The molecule has 2 aromatic rings. The van der Waals surface area contributed by atoms with Gasteiger partial charge in [0.1, 0.15) is 11.9 Å². The number of nitrogens with zero attached hydrogens (tertiary/aromatic N) is 1. The third kappa shape index (κ3) is 2.83. The molecule has 19 heavy (non-hydrogen) atoms. The maximum Gasteiger partial charge on any atom is 0.124 e. The predicted octanol–water partition coefficient (Wildman–Crippen LogP) is 3.20. The molecular formula is C15H14FN3. The lowest BCUT2D eigenvalue weighted by molar-refractivity contribution is 0.627. The number of hydrogen-bond acceptors (Lipinski definition) is 3. The number of hydrogen-bond donors (Lipinski definition) is 2. The fraction of sp³-hybridized carbons (Fsp3) is 0.133. The molecule has 0 saturated heterocycles. The van der Waals surface area contributed by atoms with E-state index in [0.717, 1.165) is 16.8 Å². The Labute approximate surface area is 111 Å². The molecule has 0 fully saturated rings. The molecule has 0 atom stereocenters. The van der Waals surface area contributed by atoms with E-state index >= 15 is 0 Å². The Morgan fingerprint density at radius 2 is 2.11 bits per heavy atom. The van der Waals surface area contributed by atoms with Crippen molar-refractivity contribution in [1.29, 1.82) is 5.26 Å². The van der Waals surface area contributed by atoms with E-state index in [2.05, 4.69) is 5.32 Å². The van der Waals surface area contributed by atoms with Gasteiger partial charge in [-0.25, -0.2) is 4.39 Å². The first-order chi connectivity index (χ1) is 9.11. The zero-order valence-corrected chi connectivity index (χ0v) is 10.6. The molecule has 2 aromatic carbocycles. The van der Waals surface area contributed by atoms with Crippen LogP contribution in [0.25, 0.3) is 0 Å². The zero-order valence-electron chi connectivity index (χ0n) is 10.6. The van der Waals surface area contributed by atoms with E-state index in [1.165, 1.54) is 12.1 Å². The summed E-state index contributed by atoms with van der Waals surface area (Å²) in [5, 5.41) is 12.1. The van der Waals surface area contributed by atoms with Gasteiger partial charge in [0, 0.05) is 12.2 Å². The van der Waals surface area contributed by atoms with E-state index in [-0.39, 0.29) is 0 Å². The average Bonchev–Trinajstić information content (AvgIpc) is 2.41. The van der Waals surface area contributed by atoms with Crippen LogP contribution in [0.3, 0.4) is 0 Å². The number of halogens is 1. The smallest absolute Gasteiger partial charge is 0.124 e. The summed E-state index contributed by atoms with van der Waals surface area (Å²) in [5.74, 6) is -0.415. The van der Waals surface area contributed by atoms with Crippen molar-refractivity contribution in [2.45, 2.75) is 13.5 Å². The minimum Gasteiger partial charge on any atom is -0.399 e. The Morgan fingerprint density at radius 3 is 2.84 bits per heavy atom. The highest BCUT2D eigenvalue weighted by Gasteiger charge is 2.05. The Kier molecular flexibility index (Phi) is 3.67. The molecule has 96 valence electrons. The van der Waals surface area contributed by atoms with E-state index in [0.29, 0.717) is 17.8 Å². The quantitative estimate of drug-likeness (QED) is 0.828. The normalized spacial score (nSPS) is 9.95. The van der Waals surface area contributed by atoms with Crippen molar-refractivity contribution in [3.8, 4) is 6.07 Å². The first-order valence-corrected chi connectivity index (χ1v) is 5.89. The number of rotatable bonds is 3. The number of nitrogens with one attached hydrogen (secondary N) is 1. The minimum atomic E-state index is -0.415. The summed E-state index contributed by atoms with van der Waals surface area (Å²) in [6.45, 7) is 2.49. The highest BCUT2D eigenvalue weighted by atomic mass is 19.1. The molecule has 0 aliphatic rings. The standard InChI is InChI=1S/C15H14FN3/c1-10-11(3-2-4-14(10)18)9-19-15-6-5-13(16)7-12(15)8-17/h2-7,19H,9,18H2,1H3. The van der Waals surface area contributed by atoms with Crippen molar-refractivity contribution in [2.24, 2.45) is 0 Å². The summed E-state index contributed by atoms with van der Waals surface area (Å²) in [4.78, 5) is 0. The maximum absolute atomic E-state index is 13.0. The van der Waals surface area contributed by atoms with Gasteiger partial charge in [-0.3, -0.25) is 0 Å². The summed E-state index contributed by atoms with van der Waals surface area (Å²) < 4.78 is 13.0. The molecule has 0 aromatic heterocycles. The van der Waals surface area contributed by atoms with E-state index in [1.807, 2.05) is 31.2 Å². The van der Waals surface area contributed by atoms with E-state index in [9.17, 15) is 4.39 Å². The van der Waals surface area contributed by atoms with Crippen LogP contribution in [-0.4, -0.2) is 0 Å². The molecule has 3 nitrogen and oxygen atoms in total. The van der Waals surface area contributed by atoms with Gasteiger partial charge in [0.05, 0.1) is 11.3 Å². The summed E-state index contributed by atoms with van der Waals surface area (Å²) in [6.07, 6.45) is 0. The van der Waals surface area contributed by atoms with Gasteiger partial charge >= 0.3 is 0 Å². The number of benzene rings is 2. The maximum atomic E-state index is 13.0. The molecule has 0 amide bonds. The van der Waals surface area contributed by atoms with E-state index in [4.69, 9.17) is 11.0 Å². The Balaban J connectivity index is 2.20. The Bertz CT molecular complexity index is 644. The van der Waals surface area contributed by atoms with Crippen LogP contribution in [0, 0.1) is 24.1 Å². The molecule has 0 unspecified atom stereocenters. The SMILES string of the molecule is Cc1c(N)cccc1CNc1ccc(F)cc1C#N. The largest absolute Gasteiger partial charge is 0.399 e. The second kappa shape index (κ2) is 5.40. The van der Waals surface area contributed by atoms with Crippen LogP contribution >= 0.6 is 0 Å². The molecular weight excluding hydrogens is 241 g/mol. The highest BCUT2D eigenvalue weighted by Crippen LogP contribution is 2.20. The van der Waals surface area contributed by atoms with Gasteiger partial charge in [0.25, 0.3) is 0 Å². The van der Waals surface area contributed by atoms with Gasteiger partial charge in [-0.15, -0.1) is 0 Å². The van der Waals surface area contributed by atoms with Gasteiger partial charge in [0.15, 0.2) is 0 Å². The van der Waals surface area contributed by atoms with Crippen LogP contribution in [-0.2, 0) is 6.54 Å². The third-order valence-corrected chi connectivity index (χ3v) is 3.06. The summed E-state index contributed by atoms with van der Waals surface area (Å²) in [5.41, 5.74) is 9.54. The Hall–Kier alpha value is -2.54. The van der Waals surface area contributed by atoms with Gasteiger partial charge in [-0.2, -0.15) is 5.26 Å². The topological polar surface area (TPSA) is 61.8 Å². The molecule has 0 bridgehead atoms. The molecule has 3 N–H and O–H groups in total. The van der Waals surface area contributed by atoms with Gasteiger partial charge in [-0.1, -0.05) is 12.1 Å². The lowest BCUT2D eigenvalue weighted by Gasteiger charge is -2.11. The molecule has 2 rings (SSSR count). The van der Waals surface area contributed by atoms with Crippen molar-refractivity contribution in [2.75, 3.05) is 11.1 Å². The van der Waals surface area contributed by atoms with Gasteiger partial charge in [0.2, 0.25) is 0 Å². The van der Waals surface area contributed by atoms with Crippen LogP contribution in [0.4, 0.5) is 15.8 Å². The Morgan fingerprint density at radius 1 is 1.32 bits per heavy atom. The average molecular weight is 255 g/mol. The second-order valence-electron chi connectivity index (χ2n) is 4.29. The predicted molar refractivity (Wildman–Crippen MR) is 74.0 cm³/mol. The fourth-order valence-electron chi connectivity index (χ4n) is 1.85. The molecule has 0 aliphatic heterocycles. The fourth-order valence-corrected chi connectivity index (χ4v) is 1.85. The zero-order chi connectivity index (χ0) is 13.8. The van der Waals surface area contributed by atoms with Crippen LogP contribution in [0.2, 0.25) is 0 Å². The van der Waals surface area contributed by atoms with Crippen LogP contribution in [0.1, 0.15) is 16.7 Å². The number of anilines is 2. The molecule has 0 saturated carbocycles. The van der Waals surface area contributed by atoms with Crippen molar-refractivity contribution >= 4 is 11.4 Å².